The summed E-state index contributed by atoms with van der Waals surface area (Å²) in [6, 6.07) is 71.8. The molecule has 2 aromatic heterocycles. The summed E-state index contributed by atoms with van der Waals surface area (Å²) in [6.45, 7) is 0. The topological polar surface area (TPSA) is 29.5 Å². The standard InChI is InChI=1S/C54H33NO2/c1-2-11-37-32-54-48(30-36(37)10-1)47-31-40(22-27-52(47)57-54)45-13-5-7-15-50(45)55(42-25-28-53-49(33-42)46-14-6-8-16-51(46)56-53)41-23-19-34(20-24-41)38-21-26-44-39(29-38)18-17-35-9-3-4-12-43(35)44/h1-33H. The molecule has 12 rings (SSSR count). The van der Waals surface area contributed by atoms with E-state index in [1.807, 2.05) is 12.1 Å². The zero-order valence-corrected chi connectivity index (χ0v) is 30.8. The van der Waals surface area contributed by atoms with Gasteiger partial charge in [-0.3, -0.25) is 0 Å². The quantitative estimate of drug-likeness (QED) is 0.165. The third-order valence-corrected chi connectivity index (χ3v) is 11.6. The van der Waals surface area contributed by atoms with Crippen molar-refractivity contribution in [1.29, 1.82) is 0 Å². The summed E-state index contributed by atoms with van der Waals surface area (Å²) in [5, 5.41) is 11.8. The van der Waals surface area contributed by atoms with Gasteiger partial charge in [0.05, 0.1) is 5.69 Å². The number of furan rings is 2. The van der Waals surface area contributed by atoms with Crippen molar-refractivity contribution in [2.45, 2.75) is 0 Å². The minimum absolute atomic E-state index is 0.873. The molecule has 3 nitrogen and oxygen atoms in total. The van der Waals surface area contributed by atoms with Crippen LogP contribution in [0.5, 0.6) is 0 Å². The van der Waals surface area contributed by atoms with Crippen molar-refractivity contribution in [3.63, 3.8) is 0 Å². The smallest absolute Gasteiger partial charge is 0.136 e. The van der Waals surface area contributed by atoms with E-state index in [1.165, 1.54) is 43.4 Å². The first kappa shape index (κ1) is 31.7. The van der Waals surface area contributed by atoms with Crippen LogP contribution in [0.3, 0.4) is 0 Å². The van der Waals surface area contributed by atoms with Gasteiger partial charge in [-0.25, -0.2) is 0 Å². The Hall–Kier alpha value is -7.62. The van der Waals surface area contributed by atoms with E-state index >= 15 is 0 Å². The Morgan fingerprint density at radius 1 is 0.281 bits per heavy atom. The van der Waals surface area contributed by atoms with E-state index in [2.05, 4.69) is 193 Å². The van der Waals surface area contributed by atoms with Crippen molar-refractivity contribution in [3.8, 4) is 22.3 Å². The fourth-order valence-electron chi connectivity index (χ4n) is 8.82. The van der Waals surface area contributed by atoms with E-state index in [0.29, 0.717) is 0 Å². The Kier molecular flexibility index (Phi) is 6.93. The maximum Gasteiger partial charge on any atom is 0.136 e. The second kappa shape index (κ2) is 12.5. The third-order valence-electron chi connectivity index (χ3n) is 11.6. The molecule has 57 heavy (non-hydrogen) atoms. The summed E-state index contributed by atoms with van der Waals surface area (Å²) >= 11 is 0. The van der Waals surface area contributed by atoms with E-state index in [0.717, 1.165) is 72.1 Å². The molecular weight excluding hydrogens is 695 g/mol. The first-order valence-electron chi connectivity index (χ1n) is 19.4. The van der Waals surface area contributed by atoms with E-state index in [9.17, 15) is 0 Å². The van der Waals surface area contributed by atoms with E-state index in [4.69, 9.17) is 8.83 Å². The van der Waals surface area contributed by atoms with Gasteiger partial charge in [0.1, 0.15) is 22.3 Å². The molecular formula is C54H33NO2. The van der Waals surface area contributed by atoms with Crippen molar-refractivity contribution < 1.29 is 8.83 Å². The van der Waals surface area contributed by atoms with Crippen LogP contribution < -0.4 is 4.90 Å². The van der Waals surface area contributed by atoms with Gasteiger partial charge in [-0.2, -0.15) is 0 Å². The second-order valence-electron chi connectivity index (χ2n) is 14.9. The summed E-state index contributed by atoms with van der Waals surface area (Å²) in [5.74, 6) is 0. The molecule has 3 heteroatoms. The molecule has 2 heterocycles. The average Bonchev–Trinajstić information content (AvgIpc) is 3.83. The summed E-state index contributed by atoms with van der Waals surface area (Å²) < 4.78 is 12.7. The van der Waals surface area contributed by atoms with Crippen LogP contribution in [-0.2, 0) is 0 Å². The Bertz CT molecular complexity index is 3530. The largest absolute Gasteiger partial charge is 0.456 e. The molecule has 0 saturated heterocycles. The molecule has 0 spiro atoms. The number of benzene rings is 10. The Labute approximate surface area is 328 Å². The van der Waals surface area contributed by atoms with Gasteiger partial charge < -0.3 is 13.7 Å². The molecule has 0 atom stereocenters. The van der Waals surface area contributed by atoms with E-state index in [-0.39, 0.29) is 0 Å². The Balaban J connectivity index is 1.02. The Morgan fingerprint density at radius 2 is 0.860 bits per heavy atom. The highest BCUT2D eigenvalue weighted by Crippen LogP contribution is 2.44. The molecule has 0 aliphatic rings. The van der Waals surface area contributed by atoms with Gasteiger partial charge >= 0.3 is 0 Å². The molecule has 0 amide bonds. The lowest BCUT2D eigenvalue weighted by atomic mass is 9.97. The minimum Gasteiger partial charge on any atom is -0.456 e. The maximum absolute atomic E-state index is 6.41. The zero-order chi connectivity index (χ0) is 37.5. The van der Waals surface area contributed by atoms with Crippen molar-refractivity contribution in [2.24, 2.45) is 0 Å². The summed E-state index contributed by atoms with van der Waals surface area (Å²) in [7, 11) is 0. The number of nitrogens with zero attached hydrogens (tertiary/aromatic N) is 1. The number of hydrogen-bond acceptors (Lipinski definition) is 3. The molecule has 0 saturated carbocycles. The highest BCUT2D eigenvalue weighted by molar-refractivity contribution is 6.12. The van der Waals surface area contributed by atoms with Crippen LogP contribution in [0.2, 0.25) is 0 Å². The van der Waals surface area contributed by atoms with Crippen molar-refractivity contribution in [1.82, 2.24) is 0 Å². The van der Waals surface area contributed by atoms with Crippen molar-refractivity contribution in [2.75, 3.05) is 4.90 Å². The monoisotopic (exact) mass is 727 g/mol. The fourth-order valence-corrected chi connectivity index (χ4v) is 8.82. The number of hydrogen-bond donors (Lipinski definition) is 0. The molecule has 12 aromatic rings. The van der Waals surface area contributed by atoms with Crippen molar-refractivity contribution in [3.05, 3.63) is 200 Å². The zero-order valence-electron chi connectivity index (χ0n) is 30.8. The van der Waals surface area contributed by atoms with Crippen LogP contribution >= 0.6 is 0 Å². The van der Waals surface area contributed by atoms with Crippen LogP contribution in [0.1, 0.15) is 0 Å². The Morgan fingerprint density at radius 3 is 1.74 bits per heavy atom. The summed E-state index contributed by atoms with van der Waals surface area (Å²) in [4.78, 5) is 2.37. The lowest BCUT2D eigenvalue weighted by molar-refractivity contribution is 0.669. The number of para-hydroxylation sites is 2. The van der Waals surface area contributed by atoms with Crippen LogP contribution in [0.4, 0.5) is 17.1 Å². The van der Waals surface area contributed by atoms with Crippen LogP contribution in [0.25, 0.3) is 98.4 Å². The first-order chi connectivity index (χ1) is 28.2. The highest BCUT2D eigenvalue weighted by atomic mass is 16.3. The normalized spacial score (nSPS) is 11.9. The molecule has 0 aliphatic heterocycles. The summed E-state index contributed by atoms with van der Waals surface area (Å²) in [5.41, 5.74) is 11.3. The van der Waals surface area contributed by atoms with Gasteiger partial charge in [0, 0.05) is 38.5 Å². The van der Waals surface area contributed by atoms with Crippen molar-refractivity contribution >= 4 is 93.3 Å². The van der Waals surface area contributed by atoms with Gasteiger partial charge in [-0.1, -0.05) is 127 Å². The second-order valence-corrected chi connectivity index (χ2v) is 14.9. The van der Waals surface area contributed by atoms with Gasteiger partial charge in [-0.15, -0.1) is 0 Å². The van der Waals surface area contributed by atoms with E-state index in [1.54, 1.807) is 0 Å². The maximum atomic E-state index is 6.41. The third kappa shape index (κ3) is 5.13. The predicted octanol–water partition coefficient (Wildman–Crippen LogP) is 15.7. The fraction of sp³-hybridized carbons (Fsp3) is 0. The SMILES string of the molecule is c1ccc(N(c2ccc(-c3ccc4c(ccc5ccccc54)c3)cc2)c2ccc3oc4ccccc4c3c2)c(-c2ccc3oc4cc5ccccc5cc4c3c2)c1. The molecule has 0 bridgehead atoms. The lowest BCUT2D eigenvalue weighted by Crippen LogP contribution is -2.11. The molecule has 266 valence electrons. The number of anilines is 3. The lowest BCUT2D eigenvalue weighted by Gasteiger charge is -2.28. The molecule has 0 aliphatic carbocycles. The summed E-state index contributed by atoms with van der Waals surface area (Å²) in [6.07, 6.45) is 0. The minimum atomic E-state index is 0.873. The van der Waals surface area contributed by atoms with Gasteiger partial charge in [0.25, 0.3) is 0 Å². The van der Waals surface area contributed by atoms with Crippen LogP contribution in [0.15, 0.2) is 209 Å². The average molecular weight is 728 g/mol. The molecule has 0 N–H and O–H groups in total. The highest BCUT2D eigenvalue weighted by Gasteiger charge is 2.20. The van der Waals surface area contributed by atoms with Crippen LogP contribution in [-0.4, -0.2) is 0 Å². The van der Waals surface area contributed by atoms with E-state index < -0.39 is 0 Å². The van der Waals surface area contributed by atoms with Gasteiger partial charge in [-0.05, 0) is 122 Å². The van der Waals surface area contributed by atoms with Gasteiger partial charge in [0.2, 0.25) is 0 Å². The molecule has 0 fully saturated rings. The number of fused-ring (bicyclic) bond motifs is 10. The molecule has 0 unspecified atom stereocenters. The predicted molar refractivity (Wildman–Crippen MR) is 239 cm³/mol. The van der Waals surface area contributed by atoms with Gasteiger partial charge in [0.15, 0.2) is 0 Å². The first-order valence-corrected chi connectivity index (χ1v) is 19.4. The molecule has 10 aromatic carbocycles. The molecule has 0 radical (unpaired) electrons. The van der Waals surface area contributed by atoms with Crippen LogP contribution in [0, 0.1) is 0 Å². The number of rotatable bonds is 5.